The Kier molecular flexibility index (Phi) is 5.28. The van der Waals surface area contributed by atoms with Crippen molar-refractivity contribution in [2.24, 2.45) is 0 Å². The van der Waals surface area contributed by atoms with Crippen LogP contribution < -0.4 is 15.8 Å². The Morgan fingerprint density at radius 1 is 1.21 bits per heavy atom. The van der Waals surface area contributed by atoms with Crippen LogP contribution in [0.15, 0.2) is 35.5 Å². The number of fused-ring (bicyclic) bond motifs is 1. The van der Waals surface area contributed by atoms with Crippen molar-refractivity contribution in [3.63, 3.8) is 0 Å². The molecule has 4 rings (SSSR count). The van der Waals surface area contributed by atoms with Gasteiger partial charge in [-0.25, -0.2) is 4.68 Å². The Morgan fingerprint density at radius 3 is 2.76 bits per heavy atom. The van der Waals surface area contributed by atoms with Gasteiger partial charge in [-0.05, 0) is 37.3 Å². The van der Waals surface area contributed by atoms with Crippen molar-refractivity contribution in [1.29, 1.82) is 0 Å². The molecule has 29 heavy (non-hydrogen) atoms. The van der Waals surface area contributed by atoms with Crippen LogP contribution in [0.4, 0.5) is 11.4 Å². The lowest BCUT2D eigenvalue weighted by Gasteiger charge is -2.31. The summed E-state index contributed by atoms with van der Waals surface area (Å²) in [7, 11) is 0. The number of pyridine rings is 1. The molecule has 0 bridgehead atoms. The molecule has 0 aromatic carbocycles. The molecular formula is C20H25N7O2. The number of piperidine rings is 1. The monoisotopic (exact) mass is 395 g/mol. The lowest BCUT2D eigenvalue weighted by atomic mass is 10.1. The van der Waals surface area contributed by atoms with Gasteiger partial charge in [0.1, 0.15) is 12.9 Å². The topological polar surface area (TPSA) is 97.4 Å². The van der Waals surface area contributed by atoms with Crippen LogP contribution in [-0.4, -0.2) is 43.4 Å². The Bertz CT molecular complexity index is 1080. The van der Waals surface area contributed by atoms with Gasteiger partial charge in [-0.2, -0.15) is 5.10 Å². The second-order valence-corrected chi connectivity index (χ2v) is 7.68. The fraction of sp³-hybridized carbons (Fsp3) is 0.450. The summed E-state index contributed by atoms with van der Waals surface area (Å²) >= 11 is 0. The normalized spacial score (nSPS) is 14.5. The van der Waals surface area contributed by atoms with Crippen LogP contribution in [0.3, 0.4) is 0 Å². The molecule has 1 saturated heterocycles. The Hall–Kier alpha value is -3.23. The van der Waals surface area contributed by atoms with Crippen LogP contribution >= 0.6 is 0 Å². The van der Waals surface area contributed by atoms with Gasteiger partial charge in [0, 0.05) is 25.4 Å². The number of rotatable bonds is 5. The second-order valence-electron chi connectivity index (χ2n) is 7.68. The van der Waals surface area contributed by atoms with Gasteiger partial charge < -0.3 is 10.2 Å². The van der Waals surface area contributed by atoms with E-state index in [1.807, 2.05) is 0 Å². The minimum atomic E-state index is -0.313. The zero-order valence-corrected chi connectivity index (χ0v) is 16.7. The van der Waals surface area contributed by atoms with E-state index in [0.29, 0.717) is 11.3 Å². The van der Waals surface area contributed by atoms with E-state index < -0.39 is 0 Å². The summed E-state index contributed by atoms with van der Waals surface area (Å²) in [5, 5.41) is 15.1. The number of anilines is 2. The standard InChI is InChI=1S/C20H25N7O2/c1-14(2)20-16(25-8-4-3-5-9-25)10-19(29)27(24-20)12-18(28)22-15-6-7-17-23-21-13-26(17)11-15/h6-7,10-11,13-14H,3-5,8-9,12H2,1-2H3,(H,22,28). The fourth-order valence-electron chi connectivity index (χ4n) is 3.65. The number of amides is 1. The summed E-state index contributed by atoms with van der Waals surface area (Å²) in [4.78, 5) is 27.4. The molecule has 3 aromatic heterocycles. The highest BCUT2D eigenvalue weighted by Crippen LogP contribution is 2.26. The van der Waals surface area contributed by atoms with Gasteiger partial charge in [0.05, 0.1) is 17.1 Å². The number of hydrogen-bond acceptors (Lipinski definition) is 6. The average molecular weight is 395 g/mol. The molecular weight excluding hydrogens is 370 g/mol. The third kappa shape index (κ3) is 4.13. The quantitative estimate of drug-likeness (QED) is 0.710. The number of aromatic nitrogens is 5. The number of carbonyl (C=O) groups excluding carboxylic acids is 1. The molecule has 0 saturated carbocycles. The lowest BCUT2D eigenvalue weighted by molar-refractivity contribution is -0.117. The van der Waals surface area contributed by atoms with E-state index in [2.05, 4.69) is 39.4 Å². The van der Waals surface area contributed by atoms with Crippen molar-refractivity contribution >= 4 is 22.9 Å². The maximum atomic E-state index is 12.7. The first-order chi connectivity index (χ1) is 14.0. The first-order valence-electron chi connectivity index (χ1n) is 9.97. The molecule has 9 heteroatoms. The minimum Gasteiger partial charge on any atom is -0.370 e. The van der Waals surface area contributed by atoms with Crippen LogP contribution in [0.5, 0.6) is 0 Å². The van der Waals surface area contributed by atoms with Crippen LogP contribution in [0.2, 0.25) is 0 Å². The van der Waals surface area contributed by atoms with E-state index in [1.54, 1.807) is 35.1 Å². The molecule has 1 fully saturated rings. The number of nitrogens with zero attached hydrogens (tertiary/aromatic N) is 6. The Morgan fingerprint density at radius 2 is 2.00 bits per heavy atom. The highest BCUT2D eigenvalue weighted by Gasteiger charge is 2.20. The lowest BCUT2D eigenvalue weighted by Crippen LogP contribution is -2.35. The van der Waals surface area contributed by atoms with Crippen LogP contribution in [0.25, 0.3) is 5.65 Å². The maximum Gasteiger partial charge on any atom is 0.269 e. The van der Waals surface area contributed by atoms with Crippen molar-refractivity contribution < 1.29 is 4.79 Å². The number of carbonyl (C=O) groups is 1. The Labute approximate surface area is 168 Å². The van der Waals surface area contributed by atoms with Crippen LogP contribution in [-0.2, 0) is 11.3 Å². The van der Waals surface area contributed by atoms with Gasteiger partial charge >= 0.3 is 0 Å². The van der Waals surface area contributed by atoms with E-state index in [4.69, 9.17) is 0 Å². The van der Waals surface area contributed by atoms with Crippen molar-refractivity contribution in [2.75, 3.05) is 23.3 Å². The van der Waals surface area contributed by atoms with Crippen LogP contribution in [0, 0.1) is 0 Å². The third-order valence-electron chi connectivity index (χ3n) is 5.12. The first-order valence-corrected chi connectivity index (χ1v) is 9.97. The van der Waals surface area contributed by atoms with E-state index in [9.17, 15) is 9.59 Å². The minimum absolute atomic E-state index is 0.140. The van der Waals surface area contributed by atoms with Crippen molar-refractivity contribution in [3.8, 4) is 0 Å². The van der Waals surface area contributed by atoms with Crippen LogP contribution in [0.1, 0.15) is 44.7 Å². The molecule has 1 N–H and O–H groups in total. The van der Waals surface area contributed by atoms with E-state index in [1.165, 1.54) is 11.1 Å². The molecule has 1 aliphatic rings. The van der Waals surface area contributed by atoms with Gasteiger partial charge in [0.25, 0.3) is 5.56 Å². The third-order valence-corrected chi connectivity index (χ3v) is 5.12. The smallest absolute Gasteiger partial charge is 0.269 e. The van der Waals surface area contributed by atoms with E-state index in [-0.39, 0.29) is 23.9 Å². The highest BCUT2D eigenvalue weighted by molar-refractivity contribution is 5.90. The zero-order chi connectivity index (χ0) is 20.4. The molecule has 0 aliphatic carbocycles. The molecule has 0 radical (unpaired) electrons. The molecule has 0 atom stereocenters. The molecule has 3 aromatic rings. The molecule has 1 amide bonds. The summed E-state index contributed by atoms with van der Waals surface area (Å²) in [6.07, 6.45) is 6.76. The predicted octanol–water partition coefficient (Wildman–Crippen LogP) is 2.04. The largest absolute Gasteiger partial charge is 0.370 e. The molecule has 1 aliphatic heterocycles. The second kappa shape index (κ2) is 8.02. The fourth-order valence-corrected chi connectivity index (χ4v) is 3.65. The highest BCUT2D eigenvalue weighted by atomic mass is 16.2. The van der Waals surface area contributed by atoms with Gasteiger partial charge in [-0.15, -0.1) is 10.2 Å². The zero-order valence-electron chi connectivity index (χ0n) is 16.7. The number of hydrogen-bond donors (Lipinski definition) is 1. The Balaban J connectivity index is 1.54. The predicted molar refractivity (Wildman–Crippen MR) is 110 cm³/mol. The van der Waals surface area contributed by atoms with Gasteiger partial charge in [0.15, 0.2) is 5.65 Å². The first kappa shape index (κ1) is 19.1. The molecule has 9 nitrogen and oxygen atoms in total. The summed E-state index contributed by atoms with van der Waals surface area (Å²) < 4.78 is 2.96. The number of nitrogens with one attached hydrogen (secondary N) is 1. The van der Waals surface area contributed by atoms with Crippen molar-refractivity contribution in [2.45, 2.75) is 45.6 Å². The van der Waals surface area contributed by atoms with Gasteiger partial charge in [-0.1, -0.05) is 13.8 Å². The summed E-state index contributed by atoms with van der Waals surface area (Å²) in [6.45, 7) is 5.85. The summed E-state index contributed by atoms with van der Waals surface area (Å²) in [5.74, 6) is -0.162. The SMILES string of the molecule is CC(C)c1nn(CC(=O)Nc2ccc3nncn3c2)c(=O)cc1N1CCCCC1. The average Bonchev–Trinajstić information content (AvgIpc) is 3.17. The molecule has 0 unspecified atom stereocenters. The van der Waals surface area contributed by atoms with E-state index >= 15 is 0 Å². The van der Waals surface area contributed by atoms with Gasteiger partial charge in [0.2, 0.25) is 5.91 Å². The molecule has 0 spiro atoms. The molecule has 152 valence electrons. The summed E-state index contributed by atoms with van der Waals surface area (Å²) in [6, 6.07) is 5.14. The van der Waals surface area contributed by atoms with Crippen molar-refractivity contribution in [3.05, 3.63) is 46.8 Å². The maximum absolute atomic E-state index is 12.7. The molecule has 4 heterocycles. The van der Waals surface area contributed by atoms with Crippen molar-refractivity contribution in [1.82, 2.24) is 24.4 Å². The summed E-state index contributed by atoms with van der Waals surface area (Å²) in [5.41, 5.74) is 2.78. The van der Waals surface area contributed by atoms with Gasteiger partial charge in [-0.3, -0.25) is 14.0 Å². The van der Waals surface area contributed by atoms with E-state index in [0.717, 1.165) is 37.3 Å².